The molecule has 0 aliphatic carbocycles. The van der Waals surface area contributed by atoms with Crippen molar-refractivity contribution in [3.05, 3.63) is 10.4 Å². The van der Waals surface area contributed by atoms with E-state index in [4.69, 9.17) is 29.2 Å². The van der Waals surface area contributed by atoms with E-state index in [1.54, 1.807) is 34.6 Å². The number of aliphatic hydroxyl groups is 1. The van der Waals surface area contributed by atoms with E-state index >= 15 is 4.39 Å². The van der Waals surface area contributed by atoms with E-state index in [0.717, 1.165) is 6.92 Å². The summed E-state index contributed by atoms with van der Waals surface area (Å²) in [5, 5.41) is 14.9. The van der Waals surface area contributed by atoms with Gasteiger partial charge in [-0.2, -0.15) is 0 Å². The average molecular weight is 728 g/mol. The van der Waals surface area contributed by atoms with Gasteiger partial charge in [0.25, 0.3) is 5.67 Å². The predicted molar refractivity (Wildman–Crippen MR) is 183 cm³/mol. The van der Waals surface area contributed by atoms with Crippen LogP contribution in [0.4, 0.5) is 9.18 Å². The number of amides is 1. The van der Waals surface area contributed by atoms with Crippen molar-refractivity contribution in [2.24, 2.45) is 22.9 Å². The van der Waals surface area contributed by atoms with E-state index in [2.05, 4.69) is 10.0 Å². The molecule has 0 aromatic rings. The number of azide groups is 1. The number of rotatable bonds is 10. The van der Waals surface area contributed by atoms with Crippen LogP contribution >= 0.6 is 0 Å². The van der Waals surface area contributed by atoms with Crippen LogP contribution in [0.5, 0.6) is 0 Å². The summed E-state index contributed by atoms with van der Waals surface area (Å²) in [4.78, 5) is 61.7. The zero-order valence-corrected chi connectivity index (χ0v) is 32.0. The van der Waals surface area contributed by atoms with Gasteiger partial charge in [0.05, 0.1) is 23.9 Å². The fourth-order valence-corrected chi connectivity index (χ4v) is 8.22. The maximum atomic E-state index is 16.7. The van der Waals surface area contributed by atoms with Crippen molar-refractivity contribution in [3.63, 3.8) is 0 Å². The molecule has 0 bridgehead atoms. The molecule has 290 valence electrons. The van der Waals surface area contributed by atoms with Gasteiger partial charge in [-0.15, -0.1) is 0 Å². The number of hydrogen-bond acceptors (Lipinski definition) is 12. The summed E-state index contributed by atoms with van der Waals surface area (Å²) in [7, 11) is 5.01. The number of nitrogens with zero attached hydrogens (tertiary/aromatic N) is 5. The number of Topliss-reactive ketones (excluding diaryl/α,β-unsaturated/α-hetero) is 2. The Morgan fingerprint density at radius 2 is 1.75 bits per heavy atom. The fourth-order valence-electron chi connectivity index (χ4n) is 8.22. The first-order valence-electron chi connectivity index (χ1n) is 17.9. The van der Waals surface area contributed by atoms with Crippen molar-refractivity contribution in [1.82, 2.24) is 9.80 Å². The highest BCUT2D eigenvalue weighted by molar-refractivity contribution is 6.08. The number of ketones is 2. The second-order valence-corrected chi connectivity index (χ2v) is 15.3. The molecular formula is C35H58FN5O10. The van der Waals surface area contributed by atoms with Crippen LogP contribution in [-0.4, -0.2) is 132 Å². The molecule has 0 aromatic carbocycles. The minimum Gasteiger partial charge on any atom is -0.455 e. The average Bonchev–Trinajstić information content (AvgIpc) is 3.33. The SMILES string of the molecule is CC[C@H]1OC(=O)[C@@](C)(F)C(=O)[C@H](C)[C@@H](O[C@@H]2O[C@H](C)C[C@H](N(C)C)[C@H]2O)[C@](C)(OC)C[C@@H](C)C(=O)[C@H](C)[C@H]2N(CCCCN=[N+]=[N-])C(=O)O[C@]12C. The van der Waals surface area contributed by atoms with Crippen molar-refractivity contribution in [2.75, 3.05) is 34.3 Å². The number of hydrogen-bond donors (Lipinski definition) is 1. The number of carbonyl (C=O) groups excluding carboxylic acids is 4. The summed E-state index contributed by atoms with van der Waals surface area (Å²) in [6.45, 7) is 12.7. The molecule has 0 saturated carbocycles. The number of carbonyl (C=O) groups is 4. The van der Waals surface area contributed by atoms with E-state index in [9.17, 15) is 24.3 Å². The minimum atomic E-state index is -3.18. The molecule has 3 rings (SSSR count). The quantitative estimate of drug-likeness (QED) is 0.0840. The highest BCUT2D eigenvalue weighted by Crippen LogP contribution is 2.43. The van der Waals surface area contributed by atoms with Gasteiger partial charge in [-0.05, 0) is 79.4 Å². The fraction of sp³-hybridized carbons (Fsp3) is 0.886. The van der Waals surface area contributed by atoms with Crippen LogP contribution in [0.3, 0.4) is 0 Å². The van der Waals surface area contributed by atoms with Crippen molar-refractivity contribution in [3.8, 4) is 0 Å². The summed E-state index contributed by atoms with van der Waals surface area (Å²) in [6, 6.07) is -1.31. The van der Waals surface area contributed by atoms with Crippen LogP contribution < -0.4 is 0 Å². The zero-order valence-electron chi connectivity index (χ0n) is 32.0. The first-order valence-corrected chi connectivity index (χ1v) is 17.9. The lowest BCUT2D eigenvalue weighted by molar-refractivity contribution is -0.295. The number of halogens is 1. The van der Waals surface area contributed by atoms with Crippen molar-refractivity contribution < 1.29 is 52.4 Å². The topological polar surface area (TPSA) is 190 Å². The van der Waals surface area contributed by atoms with Crippen LogP contribution in [0.25, 0.3) is 10.4 Å². The van der Waals surface area contributed by atoms with Gasteiger partial charge in [-0.25, -0.2) is 14.0 Å². The zero-order chi connectivity index (χ0) is 38.6. The monoisotopic (exact) mass is 727 g/mol. The highest BCUT2D eigenvalue weighted by Gasteiger charge is 2.61. The van der Waals surface area contributed by atoms with Crippen molar-refractivity contribution in [1.29, 1.82) is 0 Å². The largest absolute Gasteiger partial charge is 0.455 e. The first kappa shape index (κ1) is 42.5. The lowest BCUT2D eigenvalue weighted by Gasteiger charge is -2.47. The molecule has 3 saturated heterocycles. The molecule has 3 heterocycles. The Hall–Kier alpha value is -2.88. The maximum Gasteiger partial charge on any atom is 0.410 e. The molecular weight excluding hydrogens is 669 g/mol. The number of cyclic esters (lactones) is 1. The molecule has 1 N–H and O–H groups in total. The van der Waals surface area contributed by atoms with Crippen LogP contribution in [0, 0.1) is 17.8 Å². The van der Waals surface area contributed by atoms with Gasteiger partial charge in [-0.3, -0.25) is 9.59 Å². The van der Waals surface area contributed by atoms with E-state index in [1.165, 1.54) is 18.9 Å². The Bertz CT molecular complexity index is 1330. The molecule has 16 heteroatoms. The molecule has 15 nitrogen and oxygen atoms in total. The van der Waals surface area contributed by atoms with Crippen LogP contribution in [0.1, 0.15) is 87.5 Å². The third-order valence-corrected chi connectivity index (χ3v) is 11.2. The van der Waals surface area contributed by atoms with E-state index in [-0.39, 0.29) is 43.9 Å². The van der Waals surface area contributed by atoms with Crippen LogP contribution in [0.15, 0.2) is 5.11 Å². The Morgan fingerprint density at radius 3 is 2.31 bits per heavy atom. The van der Waals surface area contributed by atoms with Gasteiger partial charge < -0.3 is 38.6 Å². The van der Waals surface area contributed by atoms with Gasteiger partial charge in [0, 0.05) is 48.9 Å². The molecule has 51 heavy (non-hydrogen) atoms. The normalized spacial score (nSPS) is 41.4. The summed E-state index contributed by atoms with van der Waals surface area (Å²) in [5.74, 6) is -5.88. The highest BCUT2D eigenvalue weighted by atomic mass is 19.1. The minimum absolute atomic E-state index is 0.0144. The summed E-state index contributed by atoms with van der Waals surface area (Å²) in [5.41, 5.74) is 2.42. The van der Waals surface area contributed by atoms with Crippen molar-refractivity contribution in [2.45, 2.75) is 147 Å². The number of unbranched alkanes of at least 4 members (excludes halogenated alkanes) is 1. The molecule has 0 radical (unpaired) electrons. The molecule has 0 aromatic heterocycles. The summed E-state index contributed by atoms with van der Waals surface area (Å²) in [6.07, 6.45) is -4.59. The number of ether oxygens (including phenoxy) is 5. The summed E-state index contributed by atoms with van der Waals surface area (Å²) < 4.78 is 46.8. The number of aliphatic hydroxyl groups excluding tert-OH is 1. The number of esters is 1. The summed E-state index contributed by atoms with van der Waals surface area (Å²) >= 11 is 0. The van der Waals surface area contributed by atoms with E-state index in [0.29, 0.717) is 19.3 Å². The third-order valence-electron chi connectivity index (χ3n) is 11.2. The predicted octanol–water partition coefficient (Wildman–Crippen LogP) is 4.37. The van der Waals surface area contributed by atoms with E-state index in [1.807, 2.05) is 25.9 Å². The Balaban J connectivity index is 2.15. The van der Waals surface area contributed by atoms with Gasteiger partial charge >= 0.3 is 12.1 Å². The molecule has 0 spiro atoms. The molecule has 13 atom stereocenters. The van der Waals surface area contributed by atoms with Gasteiger partial charge in [-0.1, -0.05) is 32.8 Å². The first-order chi connectivity index (χ1) is 23.7. The maximum absolute atomic E-state index is 16.7. The molecule has 0 unspecified atom stereocenters. The Kier molecular flexibility index (Phi) is 14.1. The number of fused-ring (bicyclic) bond motifs is 1. The van der Waals surface area contributed by atoms with Gasteiger partial charge in [0.15, 0.2) is 17.7 Å². The second kappa shape index (κ2) is 16.9. The molecule has 3 aliphatic heterocycles. The smallest absolute Gasteiger partial charge is 0.410 e. The van der Waals surface area contributed by atoms with Crippen LogP contribution in [-0.2, 0) is 38.1 Å². The number of methoxy groups -OCH3 is 1. The Labute approximate surface area is 300 Å². The standard InChI is InChI=1S/C35H58FN5O10/c1-12-24-35(8)27(41(32(46)51-35)16-14-13-15-38-39-37)21(4)25(42)19(2)18-33(6,47-11)29(22(5)28(44)34(7,36)31(45)49-24)50-30-26(43)23(40(9)10)17-20(3)48-30/h19-24,26-27,29-30,43H,12-18H2,1-11H3/t19-,20-,21+,22+,23+,24-,26-,27-,29-,30+,33-,34+,35-/m1/s1. The molecule has 1 amide bonds. The van der Waals surface area contributed by atoms with Crippen LogP contribution in [0.2, 0.25) is 0 Å². The lowest BCUT2D eigenvalue weighted by atomic mass is 9.73. The number of likely N-dealkylation sites (N-methyl/N-ethyl adjacent to an activating group) is 1. The lowest BCUT2D eigenvalue weighted by Crippen LogP contribution is -2.61. The third kappa shape index (κ3) is 8.68. The van der Waals surface area contributed by atoms with Gasteiger partial charge in [0.1, 0.15) is 18.0 Å². The van der Waals surface area contributed by atoms with E-state index < -0.39 is 83.1 Å². The van der Waals surface area contributed by atoms with Gasteiger partial charge in [0.2, 0.25) is 0 Å². The molecule has 3 aliphatic rings. The van der Waals surface area contributed by atoms with Crippen molar-refractivity contribution >= 4 is 23.6 Å². The molecule has 3 fully saturated rings. The second-order valence-electron chi connectivity index (χ2n) is 15.3. The number of alkyl halides is 1. The Morgan fingerprint density at radius 1 is 1.10 bits per heavy atom.